The van der Waals surface area contributed by atoms with Gasteiger partial charge in [0.1, 0.15) is 90.6 Å². The van der Waals surface area contributed by atoms with Crippen LogP contribution in [-0.4, -0.2) is 40.9 Å². The third-order valence-corrected chi connectivity index (χ3v) is 6.12. The van der Waals surface area contributed by atoms with E-state index in [2.05, 4.69) is 0 Å². The highest BCUT2D eigenvalue weighted by Gasteiger charge is 2.18. The lowest BCUT2D eigenvalue weighted by molar-refractivity contribution is 0.446. The molecule has 2 aromatic heterocycles. The highest BCUT2D eigenvalue weighted by Crippen LogP contribution is 2.40. The van der Waals surface area contributed by atoms with Gasteiger partial charge >= 0.3 is 0 Å². The summed E-state index contributed by atoms with van der Waals surface area (Å²) in [6.45, 7) is 0. The Morgan fingerprint density at radius 1 is 0.429 bits per heavy atom. The Balaban J connectivity index is 0.000000168. The molecule has 8 N–H and O–H groups in total. The largest absolute Gasteiger partial charge is 0.508 e. The van der Waals surface area contributed by atoms with Crippen molar-refractivity contribution in [2.75, 3.05) is 0 Å². The fraction of sp³-hybridized carbons (Fsp3) is 0. The van der Waals surface area contributed by atoms with E-state index in [0.717, 1.165) is 36.4 Å². The molecular formula is C30H20O12. The molecule has 0 aliphatic rings. The topological polar surface area (TPSA) is 222 Å². The van der Waals surface area contributed by atoms with E-state index >= 15 is 0 Å². The van der Waals surface area contributed by atoms with Crippen molar-refractivity contribution < 1.29 is 49.7 Å². The highest BCUT2D eigenvalue weighted by molar-refractivity contribution is 5.88. The molecule has 212 valence electrons. The lowest BCUT2D eigenvalue weighted by atomic mass is 10.1. The Hall–Kier alpha value is -6.30. The van der Waals surface area contributed by atoms with Gasteiger partial charge in [-0.05, 0) is 24.3 Å². The van der Waals surface area contributed by atoms with Gasteiger partial charge in [0.05, 0.1) is 0 Å². The van der Waals surface area contributed by atoms with Crippen LogP contribution in [0.4, 0.5) is 0 Å². The summed E-state index contributed by atoms with van der Waals surface area (Å²) in [6.07, 6.45) is 0. The minimum atomic E-state index is -0.564. The first kappa shape index (κ1) is 27.3. The van der Waals surface area contributed by atoms with Crippen molar-refractivity contribution in [3.8, 4) is 68.6 Å². The third-order valence-electron chi connectivity index (χ3n) is 6.12. The number of phenols is 8. The van der Waals surface area contributed by atoms with Crippen LogP contribution in [0.15, 0.2) is 91.2 Å². The first-order valence-corrected chi connectivity index (χ1v) is 12.0. The molecule has 0 saturated carbocycles. The molecule has 0 aliphatic carbocycles. The van der Waals surface area contributed by atoms with Crippen molar-refractivity contribution in [1.82, 2.24) is 0 Å². The molecule has 12 heteroatoms. The minimum absolute atomic E-state index is 0.0423. The fourth-order valence-corrected chi connectivity index (χ4v) is 4.32. The van der Waals surface area contributed by atoms with Gasteiger partial charge in [-0.3, -0.25) is 9.59 Å². The lowest BCUT2D eigenvalue weighted by Crippen LogP contribution is -2.00. The second kappa shape index (κ2) is 10.4. The van der Waals surface area contributed by atoms with E-state index in [1.165, 1.54) is 36.4 Å². The number of rotatable bonds is 2. The summed E-state index contributed by atoms with van der Waals surface area (Å²) >= 11 is 0. The highest BCUT2D eigenvalue weighted by atomic mass is 16.4. The summed E-state index contributed by atoms with van der Waals surface area (Å²) in [6, 6.07) is 14.7. The van der Waals surface area contributed by atoms with Crippen LogP contribution in [0.1, 0.15) is 0 Å². The summed E-state index contributed by atoms with van der Waals surface area (Å²) in [5, 5.41) is 77.3. The number of benzene rings is 4. The Bertz CT molecular complexity index is 1930. The molecular weight excluding hydrogens is 552 g/mol. The van der Waals surface area contributed by atoms with Gasteiger partial charge < -0.3 is 49.7 Å². The first-order chi connectivity index (χ1) is 19.9. The van der Waals surface area contributed by atoms with Crippen molar-refractivity contribution in [2.45, 2.75) is 0 Å². The van der Waals surface area contributed by atoms with E-state index in [9.17, 15) is 50.4 Å². The van der Waals surface area contributed by atoms with Crippen LogP contribution < -0.4 is 10.9 Å². The van der Waals surface area contributed by atoms with Gasteiger partial charge in [-0.1, -0.05) is 12.1 Å². The zero-order valence-corrected chi connectivity index (χ0v) is 21.1. The van der Waals surface area contributed by atoms with E-state index in [1.807, 2.05) is 0 Å². The number of aromatic hydroxyl groups is 8. The van der Waals surface area contributed by atoms with Gasteiger partial charge in [-0.15, -0.1) is 0 Å². The molecule has 0 aliphatic heterocycles. The van der Waals surface area contributed by atoms with Crippen LogP contribution in [0.2, 0.25) is 0 Å². The Morgan fingerprint density at radius 2 is 0.762 bits per heavy atom. The molecule has 12 nitrogen and oxygen atoms in total. The van der Waals surface area contributed by atoms with Crippen molar-refractivity contribution >= 4 is 21.9 Å². The van der Waals surface area contributed by atoms with E-state index < -0.39 is 22.4 Å². The summed E-state index contributed by atoms with van der Waals surface area (Å²) < 4.78 is 10.8. The average Bonchev–Trinajstić information content (AvgIpc) is 2.87. The normalized spacial score (nSPS) is 10.9. The van der Waals surface area contributed by atoms with Gasteiger partial charge in [-0.25, -0.2) is 0 Å². The molecule has 0 fully saturated rings. The first-order valence-electron chi connectivity index (χ1n) is 12.0. The average molecular weight is 572 g/mol. The zero-order chi connectivity index (χ0) is 30.3. The summed E-state index contributed by atoms with van der Waals surface area (Å²) in [5.74, 6) is -2.57. The lowest BCUT2D eigenvalue weighted by Gasteiger charge is -2.08. The summed E-state index contributed by atoms with van der Waals surface area (Å²) in [4.78, 5) is 24.1. The molecule has 4 aromatic carbocycles. The molecule has 6 aromatic rings. The van der Waals surface area contributed by atoms with Crippen molar-refractivity contribution in [1.29, 1.82) is 0 Å². The maximum atomic E-state index is 12.1. The van der Waals surface area contributed by atoms with Crippen molar-refractivity contribution in [3.05, 3.63) is 93.2 Å². The molecule has 6 rings (SSSR count). The van der Waals surface area contributed by atoms with Crippen LogP contribution in [0, 0.1) is 0 Å². The molecule has 0 atom stereocenters. The van der Waals surface area contributed by atoms with Crippen LogP contribution in [0.25, 0.3) is 44.6 Å². The molecule has 2 heterocycles. The summed E-state index contributed by atoms with van der Waals surface area (Å²) in [5.41, 5.74) is -1.33. The van der Waals surface area contributed by atoms with Gasteiger partial charge in [0, 0.05) is 36.4 Å². The number of phenolic OH excluding ortho intramolecular Hbond substituents is 8. The standard InChI is InChI=1S/2C15H10O6/c2*16-7-4-10(19)15-11(20)6-13(21-12(15)5-7)14-8(17)2-1-3-9(14)18/h2*1-6,16-19H. The van der Waals surface area contributed by atoms with Crippen LogP contribution in [0.3, 0.4) is 0 Å². The Kier molecular flexibility index (Phi) is 6.72. The molecule has 0 radical (unpaired) electrons. The number of hydrogen-bond donors (Lipinski definition) is 8. The molecule has 0 spiro atoms. The van der Waals surface area contributed by atoms with E-state index in [0.29, 0.717) is 0 Å². The third kappa shape index (κ3) is 4.91. The SMILES string of the molecule is O=c1cc(-c2c(O)cccc2O)oc2cc(O)cc(O)c12.O=c1cc(-c2c(O)cccc2O)oc2cc(O)cc(O)c12. The molecule has 0 bridgehead atoms. The second-order valence-electron chi connectivity index (χ2n) is 8.97. The Labute approximate surface area is 233 Å². The van der Waals surface area contributed by atoms with Crippen LogP contribution in [-0.2, 0) is 0 Å². The maximum Gasteiger partial charge on any atom is 0.197 e. The smallest absolute Gasteiger partial charge is 0.197 e. The van der Waals surface area contributed by atoms with Crippen LogP contribution in [0.5, 0.6) is 46.0 Å². The van der Waals surface area contributed by atoms with E-state index in [-0.39, 0.29) is 79.1 Å². The van der Waals surface area contributed by atoms with Gasteiger partial charge in [-0.2, -0.15) is 0 Å². The quantitative estimate of drug-likeness (QED) is 0.143. The van der Waals surface area contributed by atoms with Crippen molar-refractivity contribution in [3.63, 3.8) is 0 Å². The Morgan fingerprint density at radius 3 is 1.10 bits per heavy atom. The molecule has 0 saturated heterocycles. The zero-order valence-electron chi connectivity index (χ0n) is 21.1. The minimum Gasteiger partial charge on any atom is -0.508 e. The predicted octanol–water partition coefficient (Wildman–Crippen LogP) is 4.56. The van der Waals surface area contributed by atoms with E-state index in [1.54, 1.807) is 0 Å². The second-order valence-corrected chi connectivity index (χ2v) is 8.97. The maximum absolute atomic E-state index is 12.1. The van der Waals surface area contributed by atoms with Gasteiger partial charge in [0.15, 0.2) is 10.9 Å². The van der Waals surface area contributed by atoms with E-state index in [4.69, 9.17) is 8.83 Å². The van der Waals surface area contributed by atoms with Crippen molar-refractivity contribution in [2.24, 2.45) is 0 Å². The molecule has 0 amide bonds. The van der Waals surface area contributed by atoms with Gasteiger partial charge in [0.25, 0.3) is 0 Å². The van der Waals surface area contributed by atoms with Crippen LogP contribution >= 0.6 is 0 Å². The van der Waals surface area contributed by atoms with Gasteiger partial charge in [0.2, 0.25) is 0 Å². The monoisotopic (exact) mass is 572 g/mol. The number of fused-ring (bicyclic) bond motifs is 2. The number of hydrogen-bond acceptors (Lipinski definition) is 12. The molecule has 0 unspecified atom stereocenters. The fourth-order valence-electron chi connectivity index (χ4n) is 4.32. The summed E-state index contributed by atoms with van der Waals surface area (Å²) in [7, 11) is 0. The molecule has 42 heavy (non-hydrogen) atoms. The predicted molar refractivity (Wildman–Crippen MR) is 149 cm³/mol.